The number of carbonyl (C=O) groups excluding carboxylic acids is 1. The van der Waals surface area contributed by atoms with Crippen LogP contribution in [0, 0.1) is 0 Å². The summed E-state index contributed by atoms with van der Waals surface area (Å²) in [5.74, 6) is -0.0743. The highest BCUT2D eigenvalue weighted by atomic mass is 32.2. The van der Waals surface area contributed by atoms with Crippen molar-refractivity contribution in [2.45, 2.75) is 37.6 Å². The number of amides is 1. The van der Waals surface area contributed by atoms with Gasteiger partial charge in [-0.15, -0.1) is 0 Å². The second-order valence-corrected chi connectivity index (χ2v) is 7.33. The molecule has 21 heavy (non-hydrogen) atoms. The van der Waals surface area contributed by atoms with Crippen molar-refractivity contribution in [3.05, 3.63) is 18.2 Å². The van der Waals surface area contributed by atoms with E-state index in [1.807, 2.05) is 20.8 Å². The maximum Gasteiger partial charge on any atom is 0.238 e. The molecule has 1 rings (SSSR count). The Kier molecular flexibility index (Phi) is 5.19. The van der Waals surface area contributed by atoms with Gasteiger partial charge in [0.15, 0.2) is 0 Å². The fraction of sp³-hybridized carbons (Fsp3) is 0.462. The Morgan fingerprint density at radius 3 is 2.38 bits per heavy atom. The van der Waals surface area contributed by atoms with Crippen molar-refractivity contribution >= 4 is 27.3 Å². The zero-order valence-electron chi connectivity index (χ0n) is 12.4. The Labute approximate surface area is 125 Å². The highest BCUT2D eigenvalue weighted by molar-refractivity contribution is 7.89. The number of rotatable bonds is 5. The van der Waals surface area contributed by atoms with Crippen LogP contribution in [0.5, 0.6) is 0 Å². The van der Waals surface area contributed by atoms with Crippen molar-refractivity contribution in [2.24, 2.45) is 5.14 Å². The first-order valence-corrected chi connectivity index (χ1v) is 8.01. The molecule has 0 saturated heterocycles. The molecule has 0 aromatic heterocycles. The molecule has 1 amide bonds. The van der Waals surface area contributed by atoms with Gasteiger partial charge >= 0.3 is 0 Å². The van der Waals surface area contributed by atoms with Crippen molar-refractivity contribution in [3.63, 3.8) is 0 Å². The quantitative estimate of drug-likeness (QED) is 0.593. The van der Waals surface area contributed by atoms with Crippen LogP contribution in [-0.4, -0.2) is 26.4 Å². The Bertz CT molecular complexity index is 621. The number of sulfonamides is 1. The third-order valence-corrected chi connectivity index (χ3v) is 3.44. The molecular weight excluding hydrogens is 292 g/mol. The molecule has 0 saturated carbocycles. The number of nitrogen functional groups attached to an aromatic ring is 1. The van der Waals surface area contributed by atoms with Gasteiger partial charge in [-0.2, -0.15) is 0 Å². The molecule has 6 N–H and O–H groups in total. The van der Waals surface area contributed by atoms with E-state index < -0.39 is 10.0 Å². The lowest BCUT2D eigenvalue weighted by molar-refractivity contribution is -0.122. The number of nitrogens with two attached hydrogens (primary N) is 2. The van der Waals surface area contributed by atoms with Crippen molar-refractivity contribution in [2.75, 3.05) is 17.6 Å². The molecule has 118 valence electrons. The Morgan fingerprint density at radius 1 is 1.29 bits per heavy atom. The Morgan fingerprint density at radius 2 is 1.90 bits per heavy atom. The lowest BCUT2D eigenvalue weighted by atomic mass is 10.1. The fourth-order valence-corrected chi connectivity index (χ4v) is 2.22. The summed E-state index contributed by atoms with van der Waals surface area (Å²) in [5, 5.41) is 10.8. The van der Waals surface area contributed by atoms with E-state index in [0.29, 0.717) is 12.2 Å². The predicted molar refractivity (Wildman–Crippen MR) is 83.2 cm³/mol. The van der Waals surface area contributed by atoms with E-state index >= 15 is 0 Å². The normalized spacial score (nSPS) is 12.0. The fourth-order valence-electron chi connectivity index (χ4n) is 1.67. The maximum absolute atomic E-state index is 11.6. The van der Waals surface area contributed by atoms with Gasteiger partial charge in [-0.05, 0) is 39.0 Å². The molecule has 8 heteroatoms. The van der Waals surface area contributed by atoms with Crippen LogP contribution in [0.4, 0.5) is 11.4 Å². The molecule has 0 aliphatic carbocycles. The van der Waals surface area contributed by atoms with E-state index in [2.05, 4.69) is 10.6 Å². The number of hydrogen-bond acceptors (Lipinski definition) is 5. The Hall–Kier alpha value is -1.80. The first kappa shape index (κ1) is 17.3. The van der Waals surface area contributed by atoms with E-state index in [4.69, 9.17) is 10.9 Å². The average molecular weight is 314 g/mol. The van der Waals surface area contributed by atoms with Gasteiger partial charge < -0.3 is 16.4 Å². The van der Waals surface area contributed by atoms with Crippen molar-refractivity contribution in [3.8, 4) is 0 Å². The second kappa shape index (κ2) is 6.31. The lowest BCUT2D eigenvalue weighted by Gasteiger charge is -2.20. The zero-order chi connectivity index (χ0) is 16.3. The molecule has 1 aromatic rings. The summed E-state index contributed by atoms with van der Waals surface area (Å²) in [6, 6.07) is 4.17. The van der Waals surface area contributed by atoms with Crippen LogP contribution in [-0.2, 0) is 14.8 Å². The predicted octanol–water partition coefficient (Wildman–Crippen LogP) is 0.633. The highest BCUT2D eigenvalue weighted by Gasteiger charge is 2.13. The molecule has 0 aliphatic heterocycles. The highest BCUT2D eigenvalue weighted by Crippen LogP contribution is 2.21. The summed E-state index contributed by atoms with van der Waals surface area (Å²) < 4.78 is 22.4. The van der Waals surface area contributed by atoms with E-state index in [9.17, 15) is 13.2 Å². The van der Waals surface area contributed by atoms with Gasteiger partial charge in [0.1, 0.15) is 0 Å². The lowest BCUT2D eigenvalue weighted by Crippen LogP contribution is -2.41. The molecule has 0 aliphatic rings. The number of nitrogens with one attached hydrogen (secondary N) is 2. The van der Waals surface area contributed by atoms with E-state index in [1.165, 1.54) is 18.2 Å². The van der Waals surface area contributed by atoms with Gasteiger partial charge in [-0.3, -0.25) is 4.79 Å². The van der Waals surface area contributed by atoms with E-state index in [0.717, 1.165) is 0 Å². The largest absolute Gasteiger partial charge is 0.397 e. The number of hydrogen-bond donors (Lipinski definition) is 4. The monoisotopic (exact) mass is 314 g/mol. The first-order valence-electron chi connectivity index (χ1n) is 6.46. The van der Waals surface area contributed by atoms with E-state index in [1.54, 1.807) is 0 Å². The van der Waals surface area contributed by atoms with Crippen LogP contribution in [0.15, 0.2) is 23.1 Å². The molecule has 0 atom stereocenters. The molecule has 0 radical (unpaired) electrons. The molecule has 0 heterocycles. The van der Waals surface area contributed by atoms with Crippen LogP contribution >= 0.6 is 0 Å². The van der Waals surface area contributed by atoms with Crippen molar-refractivity contribution in [1.29, 1.82) is 0 Å². The Balaban J connectivity index is 2.59. The molecule has 0 fully saturated rings. The minimum absolute atomic E-state index is 0.0453. The van der Waals surface area contributed by atoms with E-state index in [-0.39, 0.29) is 28.4 Å². The van der Waals surface area contributed by atoms with Crippen molar-refractivity contribution in [1.82, 2.24) is 5.32 Å². The van der Waals surface area contributed by atoms with Crippen LogP contribution in [0.1, 0.15) is 27.2 Å². The number of anilines is 2. The third-order valence-electron chi connectivity index (χ3n) is 2.53. The van der Waals surface area contributed by atoms with Crippen molar-refractivity contribution < 1.29 is 13.2 Å². The standard InChI is InChI=1S/C13H22N4O3S/c1-13(2,3)17-12(18)6-7-16-11-5-4-9(8-10(11)14)21(15,19)20/h4-5,8,16H,6-7,14H2,1-3H3,(H,17,18)(H2,15,19,20). The van der Waals surface area contributed by atoms with Gasteiger partial charge in [-0.25, -0.2) is 13.6 Å². The minimum Gasteiger partial charge on any atom is -0.397 e. The molecule has 7 nitrogen and oxygen atoms in total. The maximum atomic E-state index is 11.6. The number of carbonyl (C=O) groups is 1. The summed E-state index contributed by atoms with van der Waals surface area (Å²) in [4.78, 5) is 11.6. The number of benzene rings is 1. The van der Waals surface area contributed by atoms with Gasteiger partial charge in [0, 0.05) is 18.5 Å². The number of primary sulfonamides is 1. The van der Waals surface area contributed by atoms with Gasteiger partial charge in [0.05, 0.1) is 16.3 Å². The summed E-state index contributed by atoms with van der Waals surface area (Å²) >= 11 is 0. The second-order valence-electron chi connectivity index (χ2n) is 5.77. The molecule has 1 aromatic carbocycles. The van der Waals surface area contributed by atoms with Crippen LogP contribution in [0.25, 0.3) is 0 Å². The topological polar surface area (TPSA) is 127 Å². The minimum atomic E-state index is -3.77. The van der Waals surface area contributed by atoms with Gasteiger partial charge in [0.2, 0.25) is 15.9 Å². The third kappa shape index (κ3) is 6.01. The molecular formula is C13H22N4O3S. The SMILES string of the molecule is CC(C)(C)NC(=O)CCNc1ccc(S(N)(=O)=O)cc1N. The van der Waals surface area contributed by atoms with Crippen LogP contribution < -0.4 is 21.5 Å². The first-order chi connectivity index (χ1) is 9.49. The van der Waals surface area contributed by atoms with Gasteiger partial charge in [-0.1, -0.05) is 0 Å². The summed E-state index contributed by atoms with van der Waals surface area (Å²) in [6.07, 6.45) is 0.285. The van der Waals surface area contributed by atoms with Crippen LogP contribution in [0.2, 0.25) is 0 Å². The summed E-state index contributed by atoms with van der Waals surface area (Å²) in [7, 11) is -3.77. The average Bonchev–Trinajstić information content (AvgIpc) is 2.27. The molecule has 0 unspecified atom stereocenters. The summed E-state index contributed by atoms with van der Waals surface area (Å²) in [6.45, 7) is 6.10. The van der Waals surface area contributed by atoms with Gasteiger partial charge in [0.25, 0.3) is 0 Å². The smallest absolute Gasteiger partial charge is 0.238 e. The molecule has 0 bridgehead atoms. The zero-order valence-corrected chi connectivity index (χ0v) is 13.3. The summed E-state index contributed by atoms with van der Waals surface area (Å²) in [5.41, 5.74) is 6.31. The molecule has 0 spiro atoms. The van der Waals surface area contributed by atoms with Crippen LogP contribution in [0.3, 0.4) is 0 Å².